The van der Waals surface area contributed by atoms with Crippen LogP contribution in [0.5, 0.6) is 0 Å². The first kappa shape index (κ1) is 31.2. The Balaban J connectivity index is 1.42. The van der Waals surface area contributed by atoms with Crippen molar-refractivity contribution in [3.63, 3.8) is 0 Å². The Labute approximate surface area is 250 Å². The van der Waals surface area contributed by atoms with Crippen LogP contribution in [0, 0.1) is 13.8 Å². The van der Waals surface area contributed by atoms with E-state index >= 15 is 0 Å². The average Bonchev–Trinajstić information content (AvgIpc) is 3.43. The highest BCUT2D eigenvalue weighted by Crippen LogP contribution is 2.30. The summed E-state index contributed by atoms with van der Waals surface area (Å²) in [5.41, 5.74) is 8.32. The Morgan fingerprint density at radius 1 is 0.952 bits per heavy atom. The minimum Gasteiger partial charge on any atom is -0.466 e. The molecule has 0 amide bonds. The molecule has 8 nitrogen and oxygen atoms in total. The molecule has 0 fully saturated rings. The number of unbranched alkanes of at least 4 members (excludes halogenated alkanes) is 4. The summed E-state index contributed by atoms with van der Waals surface area (Å²) in [7, 11) is 0. The minimum atomic E-state index is -0.0905. The Morgan fingerprint density at radius 2 is 1.71 bits per heavy atom. The molecule has 2 aromatic carbocycles. The van der Waals surface area contributed by atoms with Gasteiger partial charge in [0.1, 0.15) is 0 Å². The molecule has 0 saturated carbocycles. The second-order valence-corrected chi connectivity index (χ2v) is 11.3. The molecule has 0 unspecified atom stereocenters. The molecule has 4 aromatic rings. The summed E-state index contributed by atoms with van der Waals surface area (Å²) in [5.74, 6) is -0.0905. The van der Waals surface area contributed by atoms with Gasteiger partial charge in [0.05, 0.1) is 35.7 Å². The fourth-order valence-electron chi connectivity index (χ4n) is 5.21. The van der Waals surface area contributed by atoms with E-state index in [0.29, 0.717) is 19.1 Å². The number of esters is 1. The Bertz CT molecular complexity index is 1430. The fourth-order valence-corrected chi connectivity index (χ4v) is 5.21. The van der Waals surface area contributed by atoms with Gasteiger partial charge in [-0.2, -0.15) is 5.10 Å². The molecule has 0 bridgehead atoms. The van der Waals surface area contributed by atoms with E-state index in [2.05, 4.69) is 85.6 Å². The van der Waals surface area contributed by atoms with Crippen molar-refractivity contribution >= 4 is 28.4 Å². The molecule has 1 N–H and O–H groups in total. The molecule has 0 aliphatic heterocycles. The van der Waals surface area contributed by atoms with E-state index in [4.69, 9.17) is 14.7 Å². The highest BCUT2D eigenvalue weighted by Gasteiger charge is 2.13. The number of carbonyl (C=O) groups excluding carboxylic acids is 1. The van der Waals surface area contributed by atoms with E-state index in [-0.39, 0.29) is 5.97 Å². The summed E-state index contributed by atoms with van der Waals surface area (Å²) in [6, 6.07) is 13.5. The molecule has 224 valence electrons. The van der Waals surface area contributed by atoms with E-state index in [0.717, 1.165) is 79.7 Å². The van der Waals surface area contributed by atoms with Crippen molar-refractivity contribution in [2.45, 2.75) is 85.7 Å². The lowest BCUT2D eigenvalue weighted by atomic mass is 10.1. The molecule has 8 heteroatoms. The van der Waals surface area contributed by atoms with Crippen LogP contribution >= 0.6 is 0 Å². The van der Waals surface area contributed by atoms with Crippen molar-refractivity contribution in [1.82, 2.24) is 25.1 Å². The molecule has 2 aromatic heterocycles. The Hall–Kier alpha value is -3.78. The number of nitrogens with zero attached hydrogens (tertiary/aromatic N) is 5. The fraction of sp³-hybridized carbons (Fsp3) is 0.471. The predicted octanol–water partition coefficient (Wildman–Crippen LogP) is 7.15. The maximum atomic E-state index is 11.4. The van der Waals surface area contributed by atoms with E-state index in [1.54, 1.807) is 0 Å². The van der Waals surface area contributed by atoms with Crippen LogP contribution in [0.3, 0.4) is 0 Å². The summed E-state index contributed by atoms with van der Waals surface area (Å²) < 4.78 is 6.97. The zero-order valence-electron chi connectivity index (χ0n) is 25.9. The third-order valence-corrected chi connectivity index (χ3v) is 7.25. The van der Waals surface area contributed by atoms with Gasteiger partial charge in [-0.3, -0.25) is 14.5 Å². The first-order valence-electron chi connectivity index (χ1n) is 15.4. The first-order valence-corrected chi connectivity index (χ1v) is 15.4. The van der Waals surface area contributed by atoms with Gasteiger partial charge >= 0.3 is 5.97 Å². The number of fused-ring (bicyclic) bond motifs is 1. The quantitative estimate of drug-likeness (QED) is 0.113. The summed E-state index contributed by atoms with van der Waals surface area (Å²) in [5, 5.41) is 8.13. The summed E-state index contributed by atoms with van der Waals surface area (Å²) in [4.78, 5) is 23.5. The van der Waals surface area contributed by atoms with Gasteiger partial charge in [-0.25, -0.2) is 4.98 Å². The maximum absolute atomic E-state index is 11.4. The van der Waals surface area contributed by atoms with Gasteiger partial charge in [-0.1, -0.05) is 39.2 Å². The van der Waals surface area contributed by atoms with Crippen LogP contribution in [0.2, 0.25) is 0 Å². The summed E-state index contributed by atoms with van der Waals surface area (Å²) in [6.45, 7) is 13.5. The van der Waals surface area contributed by atoms with Gasteiger partial charge in [0.2, 0.25) is 0 Å². The molecule has 0 aliphatic rings. The molecule has 0 spiro atoms. The molecule has 0 aliphatic carbocycles. The van der Waals surface area contributed by atoms with Gasteiger partial charge in [-0.15, -0.1) is 0 Å². The zero-order chi connectivity index (χ0) is 29.9. The largest absolute Gasteiger partial charge is 0.466 e. The van der Waals surface area contributed by atoms with Crippen molar-refractivity contribution < 1.29 is 9.53 Å². The number of aromatic nitrogens is 4. The minimum absolute atomic E-state index is 0.0905. The Morgan fingerprint density at radius 3 is 2.48 bits per heavy atom. The van der Waals surface area contributed by atoms with Crippen LogP contribution in [0.25, 0.3) is 22.3 Å². The highest BCUT2D eigenvalue weighted by atomic mass is 16.5. The maximum Gasteiger partial charge on any atom is 0.305 e. The topological polar surface area (TPSA) is 85.2 Å². The van der Waals surface area contributed by atoms with E-state index in [9.17, 15) is 4.79 Å². The van der Waals surface area contributed by atoms with Crippen molar-refractivity contribution in [2.75, 3.05) is 24.6 Å². The summed E-state index contributed by atoms with van der Waals surface area (Å²) >= 11 is 0. The molecule has 4 rings (SSSR count). The number of nitrogens with one attached hydrogen (secondary N) is 1. The number of anilines is 2. The van der Waals surface area contributed by atoms with Crippen LogP contribution in [0.15, 0.2) is 55.0 Å². The van der Waals surface area contributed by atoms with E-state index in [1.807, 2.05) is 24.0 Å². The number of hydrogen-bond donors (Lipinski definition) is 1. The van der Waals surface area contributed by atoms with Crippen molar-refractivity contribution in [3.05, 3.63) is 66.1 Å². The molecule has 0 radical (unpaired) electrons. The van der Waals surface area contributed by atoms with Crippen molar-refractivity contribution in [2.24, 2.45) is 0 Å². The monoisotopic (exact) mass is 570 g/mol. The van der Waals surface area contributed by atoms with Crippen molar-refractivity contribution in [1.29, 1.82) is 0 Å². The van der Waals surface area contributed by atoms with Gasteiger partial charge in [-0.05, 0) is 75.1 Å². The molecule has 2 heterocycles. The zero-order valence-corrected chi connectivity index (χ0v) is 25.9. The molecule has 0 atom stereocenters. The number of hydrogen-bond acceptors (Lipinski definition) is 7. The lowest BCUT2D eigenvalue weighted by Crippen LogP contribution is -2.32. The number of rotatable bonds is 16. The summed E-state index contributed by atoms with van der Waals surface area (Å²) in [6.07, 6.45) is 11.5. The number of benzene rings is 2. The third kappa shape index (κ3) is 9.11. The van der Waals surface area contributed by atoms with Gasteiger partial charge < -0.3 is 15.0 Å². The molecular formula is C34H46N6O2. The molecular weight excluding hydrogens is 524 g/mol. The lowest BCUT2D eigenvalue weighted by Gasteiger charge is -2.27. The Kier molecular flexibility index (Phi) is 11.5. The van der Waals surface area contributed by atoms with Crippen LogP contribution in [0.4, 0.5) is 11.4 Å². The second-order valence-electron chi connectivity index (χ2n) is 11.3. The third-order valence-electron chi connectivity index (χ3n) is 7.25. The van der Waals surface area contributed by atoms with Crippen LogP contribution < -0.4 is 10.2 Å². The first-order chi connectivity index (χ1) is 20.3. The van der Waals surface area contributed by atoms with E-state index < -0.39 is 0 Å². The SMILES string of the molecule is CCOC(=O)CCCCCCCn1cc(-c2cnc3ccc(N(CCNC(C)C)c4cc(C)cc(C)c4)cc3n2)cn1. The molecule has 0 saturated heterocycles. The number of carbonyl (C=O) groups is 1. The highest BCUT2D eigenvalue weighted by molar-refractivity contribution is 5.82. The number of aryl methyl sites for hydroxylation is 3. The van der Waals surface area contributed by atoms with Gasteiger partial charge in [0.25, 0.3) is 0 Å². The van der Waals surface area contributed by atoms with Gasteiger partial charge in [0.15, 0.2) is 0 Å². The lowest BCUT2D eigenvalue weighted by molar-refractivity contribution is -0.143. The predicted molar refractivity (Wildman–Crippen MR) is 171 cm³/mol. The van der Waals surface area contributed by atoms with E-state index in [1.165, 1.54) is 16.8 Å². The molecule has 42 heavy (non-hydrogen) atoms. The van der Waals surface area contributed by atoms with Crippen LogP contribution in [-0.2, 0) is 16.1 Å². The van der Waals surface area contributed by atoms with Gasteiger partial charge in [0, 0.05) is 55.2 Å². The smallest absolute Gasteiger partial charge is 0.305 e. The second kappa shape index (κ2) is 15.4. The van der Waals surface area contributed by atoms with Crippen molar-refractivity contribution in [3.8, 4) is 11.3 Å². The van der Waals surface area contributed by atoms with Crippen LogP contribution in [-0.4, -0.2) is 51.5 Å². The standard InChI is InChI=1S/C34H46N6O2/c1-6-42-34(41)12-10-8-7-9-11-16-39-24-28(22-37-39)33-23-36-31-14-13-29(21-32(31)38-33)40(17-15-35-25(2)3)30-19-26(4)18-27(5)20-30/h13-14,18-25,35H,6-12,15-17H2,1-5H3. The average molecular weight is 571 g/mol. The normalized spacial score (nSPS) is 11.4. The van der Waals surface area contributed by atoms with Crippen LogP contribution in [0.1, 0.15) is 70.4 Å². The number of ether oxygens (including phenoxy) is 1.